The van der Waals surface area contributed by atoms with E-state index in [-0.39, 0.29) is 24.2 Å². The lowest BCUT2D eigenvalue weighted by molar-refractivity contribution is -0.118. The molecule has 0 saturated carbocycles. The number of carbonyl (C=O) groups excluding carboxylic acids is 2. The standard InChI is InChI=1S/C19H17ClN4O3S2/c1-12-4-2-3-5-15(12)21-17(26)11-28-19-24-23-18(29-19)22-16(25)10-27-14-8-6-13(20)7-9-14/h2-9H,10-11H2,1H3,(H,21,26)(H,22,23,25). The third kappa shape index (κ3) is 6.74. The molecule has 0 radical (unpaired) electrons. The van der Waals surface area contributed by atoms with E-state index in [1.807, 2.05) is 31.2 Å². The third-order valence-corrected chi connectivity index (χ3v) is 5.81. The molecule has 29 heavy (non-hydrogen) atoms. The van der Waals surface area contributed by atoms with Gasteiger partial charge in [0.05, 0.1) is 5.75 Å². The molecule has 0 aliphatic rings. The molecule has 2 amide bonds. The van der Waals surface area contributed by atoms with E-state index in [1.165, 1.54) is 23.1 Å². The highest BCUT2D eigenvalue weighted by Gasteiger charge is 2.11. The number of hydrogen-bond acceptors (Lipinski definition) is 7. The second-order valence-electron chi connectivity index (χ2n) is 5.82. The number of nitrogens with one attached hydrogen (secondary N) is 2. The number of benzene rings is 2. The number of ether oxygens (including phenoxy) is 1. The molecule has 0 saturated heterocycles. The Hall–Kier alpha value is -2.62. The zero-order valence-electron chi connectivity index (χ0n) is 15.3. The number of anilines is 2. The van der Waals surface area contributed by atoms with Gasteiger partial charge in [0.25, 0.3) is 5.91 Å². The van der Waals surface area contributed by atoms with E-state index in [1.54, 1.807) is 24.3 Å². The summed E-state index contributed by atoms with van der Waals surface area (Å²) >= 11 is 8.24. The number of aromatic nitrogens is 2. The van der Waals surface area contributed by atoms with E-state index in [4.69, 9.17) is 16.3 Å². The van der Waals surface area contributed by atoms with Gasteiger partial charge >= 0.3 is 0 Å². The molecule has 3 rings (SSSR count). The van der Waals surface area contributed by atoms with Crippen LogP contribution in [0, 0.1) is 6.92 Å². The highest BCUT2D eigenvalue weighted by atomic mass is 35.5. The number of rotatable bonds is 8. The molecule has 3 aromatic rings. The van der Waals surface area contributed by atoms with Crippen molar-refractivity contribution >= 4 is 57.3 Å². The Morgan fingerprint density at radius 1 is 1.07 bits per heavy atom. The van der Waals surface area contributed by atoms with Gasteiger partial charge in [0.1, 0.15) is 5.75 Å². The normalized spacial score (nSPS) is 10.4. The third-order valence-electron chi connectivity index (χ3n) is 3.58. The minimum absolute atomic E-state index is 0.138. The molecule has 0 atom stereocenters. The number of para-hydroxylation sites is 1. The quantitative estimate of drug-likeness (QED) is 0.395. The maximum Gasteiger partial charge on any atom is 0.264 e. The van der Waals surface area contributed by atoms with E-state index < -0.39 is 0 Å². The summed E-state index contributed by atoms with van der Waals surface area (Å²) in [7, 11) is 0. The molecule has 10 heteroatoms. The summed E-state index contributed by atoms with van der Waals surface area (Å²) < 4.78 is 5.96. The molecular formula is C19H17ClN4O3S2. The van der Waals surface area contributed by atoms with Crippen molar-refractivity contribution in [3.05, 3.63) is 59.1 Å². The molecule has 0 unspecified atom stereocenters. The van der Waals surface area contributed by atoms with Gasteiger partial charge in [-0.15, -0.1) is 10.2 Å². The van der Waals surface area contributed by atoms with Crippen molar-refractivity contribution in [2.24, 2.45) is 0 Å². The number of amides is 2. The molecule has 0 bridgehead atoms. The fourth-order valence-electron chi connectivity index (χ4n) is 2.18. The molecule has 7 nitrogen and oxygen atoms in total. The van der Waals surface area contributed by atoms with Crippen LogP contribution in [0.5, 0.6) is 5.75 Å². The molecule has 0 aliphatic carbocycles. The molecule has 2 aromatic carbocycles. The number of thioether (sulfide) groups is 1. The predicted octanol–water partition coefficient (Wildman–Crippen LogP) is 4.25. The first kappa shape index (κ1) is 21.1. The van der Waals surface area contributed by atoms with Gasteiger partial charge in [-0.2, -0.15) is 0 Å². The van der Waals surface area contributed by atoms with Crippen LogP contribution in [0.1, 0.15) is 5.56 Å². The smallest absolute Gasteiger partial charge is 0.264 e. The molecule has 0 aliphatic heterocycles. The molecule has 2 N–H and O–H groups in total. The first-order chi connectivity index (χ1) is 14.0. The van der Waals surface area contributed by atoms with Crippen LogP contribution in [-0.2, 0) is 9.59 Å². The van der Waals surface area contributed by atoms with Crippen LogP contribution in [0.2, 0.25) is 5.02 Å². The number of carbonyl (C=O) groups is 2. The van der Waals surface area contributed by atoms with Gasteiger partial charge < -0.3 is 10.1 Å². The molecule has 0 spiro atoms. The summed E-state index contributed by atoms with van der Waals surface area (Å²) in [5.41, 5.74) is 1.77. The summed E-state index contributed by atoms with van der Waals surface area (Å²) in [6, 6.07) is 14.3. The summed E-state index contributed by atoms with van der Waals surface area (Å²) in [5, 5.41) is 14.3. The van der Waals surface area contributed by atoms with Crippen LogP contribution in [0.25, 0.3) is 0 Å². The lowest BCUT2D eigenvalue weighted by Crippen LogP contribution is -2.20. The average molecular weight is 449 g/mol. The number of aryl methyl sites for hydroxylation is 1. The lowest BCUT2D eigenvalue weighted by atomic mass is 10.2. The van der Waals surface area contributed by atoms with Crippen LogP contribution in [0.4, 0.5) is 10.8 Å². The topological polar surface area (TPSA) is 93.2 Å². The maximum atomic E-state index is 12.1. The Morgan fingerprint density at radius 2 is 1.83 bits per heavy atom. The summed E-state index contributed by atoms with van der Waals surface area (Å²) in [5.74, 6) is 0.237. The summed E-state index contributed by atoms with van der Waals surface area (Å²) in [4.78, 5) is 24.1. The van der Waals surface area contributed by atoms with Crippen LogP contribution in [-0.4, -0.2) is 34.4 Å². The molecular weight excluding hydrogens is 432 g/mol. The van der Waals surface area contributed by atoms with Crippen molar-refractivity contribution in [1.29, 1.82) is 0 Å². The summed E-state index contributed by atoms with van der Waals surface area (Å²) in [6.45, 7) is 1.77. The molecule has 1 aromatic heterocycles. The lowest BCUT2D eigenvalue weighted by Gasteiger charge is -2.06. The maximum absolute atomic E-state index is 12.1. The van der Waals surface area contributed by atoms with E-state index >= 15 is 0 Å². The van der Waals surface area contributed by atoms with Gasteiger partial charge in [-0.05, 0) is 42.8 Å². The van der Waals surface area contributed by atoms with Gasteiger partial charge in [0, 0.05) is 10.7 Å². The number of hydrogen-bond donors (Lipinski definition) is 2. The van der Waals surface area contributed by atoms with Gasteiger partial charge in [-0.3, -0.25) is 14.9 Å². The second kappa shape index (κ2) is 10.2. The Labute approximate surface area is 180 Å². The fraction of sp³-hybridized carbons (Fsp3) is 0.158. The van der Waals surface area contributed by atoms with Gasteiger partial charge in [-0.1, -0.05) is 52.9 Å². The summed E-state index contributed by atoms with van der Waals surface area (Å²) in [6.07, 6.45) is 0. The van der Waals surface area contributed by atoms with Crippen LogP contribution >= 0.6 is 34.7 Å². The van der Waals surface area contributed by atoms with Crippen LogP contribution in [0.15, 0.2) is 52.9 Å². The van der Waals surface area contributed by atoms with Crippen LogP contribution < -0.4 is 15.4 Å². The zero-order chi connectivity index (χ0) is 20.6. The largest absolute Gasteiger partial charge is 0.484 e. The first-order valence-electron chi connectivity index (χ1n) is 8.49. The van der Waals surface area contributed by atoms with Crippen molar-refractivity contribution < 1.29 is 14.3 Å². The van der Waals surface area contributed by atoms with Gasteiger partial charge in [0.15, 0.2) is 10.9 Å². The average Bonchev–Trinajstić information content (AvgIpc) is 3.15. The highest BCUT2D eigenvalue weighted by molar-refractivity contribution is 8.01. The van der Waals surface area contributed by atoms with E-state index in [0.717, 1.165) is 11.3 Å². The second-order valence-corrected chi connectivity index (χ2v) is 8.45. The van der Waals surface area contributed by atoms with E-state index in [9.17, 15) is 9.59 Å². The fourth-order valence-corrected chi connectivity index (χ4v) is 3.87. The molecule has 150 valence electrons. The van der Waals surface area contributed by atoms with Crippen molar-refractivity contribution in [2.45, 2.75) is 11.3 Å². The minimum Gasteiger partial charge on any atom is -0.484 e. The zero-order valence-corrected chi connectivity index (χ0v) is 17.7. The Kier molecular flexibility index (Phi) is 7.45. The minimum atomic E-state index is -0.357. The van der Waals surface area contributed by atoms with Gasteiger partial charge in [-0.25, -0.2) is 0 Å². The van der Waals surface area contributed by atoms with E-state index in [0.29, 0.717) is 20.2 Å². The van der Waals surface area contributed by atoms with Crippen molar-refractivity contribution in [2.75, 3.05) is 23.0 Å². The highest BCUT2D eigenvalue weighted by Crippen LogP contribution is 2.26. The number of halogens is 1. The van der Waals surface area contributed by atoms with Crippen molar-refractivity contribution in [3.8, 4) is 5.75 Å². The monoisotopic (exact) mass is 448 g/mol. The number of nitrogens with zero attached hydrogens (tertiary/aromatic N) is 2. The van der Waals surface area contributed by atoms with E-state index in [2.05, 4.69) is 20.8 Å². The molecule has 0 fully saturated rings. The van der Waals surface area contributed by atoms with Crippen molar-refractivity contribution in [1.82, 2.24) is 10.2 Å². The first-order valence-corrected chi connectivity index (χ1v) is 10.7. The van der Waals surface area contributed by atoms with Crippen LogP contribution in [0.3, 0.4) is 0 Å². The SMILES string of the molecule is Cc1ccccc1NC(=O)CSc1nnc(NC(=O)COc2ccc(Cl)cc2)s1. The van der Waals surface area contributed by atoms with Gasteiger partial charge in [0.2, 0.25) is 11.0 Å². The van der Waals surface area contributed by atoms with Crippen molar-refractivity contribution in [3.63, 3.8) is 0 Å². The molecule has 1 heterocycles. The Bertz CT molecular complexity index is 995. The Balaban J connectivity index is 1.42. The predicted molar refractivity (Wildman–Crippen MR) is 116 cm³/mol. The Morgan fingerprint density at radius 3 is 2.59 bits per heavy atom.